The van der Waals surface area contributed by atoms with E-state index in [0.29, 0.717) is 12.0 Å². The van der Waals surface area contributed by atoms with E-state index in [1.54, 1.807) is 12.3 Å². The van der Waals surface area contributed by atoms with E-state index in [4.69, 9.17) is 0 Å². The van der Waals surface area contributed by atoms with Gasteiger partial charge in [-0.1, -0.05) is 24.3 Å². The SMILES string of the molecule is Cc1cccc(CC2=CC(Cc3ccncc3F)NC=C2)c1C. The highest BCUT2D eigenvalue weighted by Gasteiger charge is 2.13. The Bertz CT molecular complexity index is 762. The van der Waals surface area contributed by atoms with Gasteiger partial charge < -0.3 is 5.32 Å². The maximum Gasteiger partial charge on any atom is 0.144 e. The van der Waals surface area contributed by atoms with Crippen molar-refractivity contribution in [1.29, 1.82) is 0 Å². The summed E-state index contributed by atoms with van der Waals surface area (Å²) in [5.74, 6) is -0.242. The summed E-state index contributed by atoms with van der Waals surface area (Å²) in [6.07, 6.45) is 10.7. The number of pyridine rings is 1. The standard InChI is InChI=1S/C20H21FN2/c1-14-4-3-5-17(15(14)2)10-16-6-9-23-19(11-16)12-18-7-8-22-13-20(18)21/h3-9,11,13,19,23H,10,12H2,1-2H3. The summed E-state index contributed by atoms with van der Waals surface area (Å²) in [6.45, 7) is 4.31. The van der Waals surface area contributed by atoms with Crippen molar-refractivity contribution in [1.82, 2.24) is 10.3 Å². The van der Waals surface area contributed by atoms with Crippen LogP contribution in [0.5, 0.6) is 0 Å². The average Bonchev–Trinajstić information content (AvgIpc) is 2.55. The molecule has 1 aromatic carbocycles. The van der Waals surface area contributed by atoms with Gasteiger partial charge in [-0.05, 0) is 72.9 Å². The Morgan fingerprint density at radius 1 is 1.17 bits per heavy atom. The van der Waals surface area contributed by atoms with E-state index in [-0.39, 0.29) is 11.9 Å². The molecule has 0 amide bonds. The maximum absolute atomic E-state index is 13.8. The molecule has 2 nitrogen and oxygen atoms in total. The Morgan fingerprint density at radius 3 is 2.87 bits per heavy atom. The number of hydrogen-bond donors (Lipinski definition) is 1. The molecule has 1 N–H and O–H groups in total. The average molecular weight is 308 g/mol. The zero-order valence-electron chi connectivity index (χ0n) is 13.5. The number of aromatic nitrogens is 1. The molecule has 2 heterocycles. The maximum atomic E-state index is 13.8. The van der Waals surface area contributed by atoms with Gasteiger partial charge in [0.15, 0.2) is 0 Å². The van der Waals surface area contributed by atoms with E-state index in [1.807, 2.05) is 6.20 Å². The van der Waals surface area contributed by atoms with Crippen LogP contribution >= 0.6 is 0 Å². The van der Waals surface area contributed by atoms with Crippen molar-refractivity contribution in [2.75, 3.05) is 0 Å². The van der Waals surface area contributed by atoms with Gasteiger partial charge in [-0.15, -0.1) is 0 Å². The van der Waals surface area contributed by atoms with Crippen LogP contribution in [-0.2, 0) is 12.8 Å². The molecule has 0 bridgehead atoms. The molecule has 0 saturated carbocycles. The summed E-state index contributed by atoms with van der Waals surface area (Å²) >= 11 is 0. The molecular formula is C20H21FN2. The monoisotopic (exact) mass is 308 g/mol. The van der Waals surface area contributed by atoms with Gasteiger partial charge in [-0.3, -0.25) is 4.98 Å². The first kappa shape index (κ1) is 15.5. The molecule has 1 unspecified atom stereocenters. The van der Waals surface area contributed by atoms with Crippen molar-refractivity contribution in [3.63, 3.8) is 0 Å². The number of nitrogens with zero attached hydrogens (tertiary/aromatic N) is 1. The van der Waals surface area contributed by atoms with Crippen LogP contribution in [0.1, 0.15) is 22.3 Å². The number of dihydropyridines is 1. The summed E-state index contributed by atoms with van der Waals surface area (Å²) in [5.41, 5.74) is 5.96. The fourth-order valence-electron chi connectivity index (χ4n) is 2.91. The Hall–Kier alpha value is -2.42. The van der Waals surface area contributed by atoms with Gasteiger partial charge in [0.1, 0.15) is 5.82 Å². The second-order valence-electron chi connectivity index (χ2n) is 6.06. The Kier molecular flexibility index (Phi) is 4.56. The predicted octanol–water partition coefficient (Wildman–Crippen LogP) is 4.03. The number of halogens is 1. The van der Waals surface area contributed by atoms with Crippen LogP contribution in [0, 0.1) is 19.7 Å². The fraction of sp³-hybridized carbons (Fsp3) is 0.250. The first-order valence-electron chi connectivity index (χ1n) is 7.90. The smallest absolute Gasteiger partial charge is 0.144 e. The number of nitrogens with one attached hydrogen (secondary N) is 1. The molecule has 118 valence electrons. The van der Waals surface area contributed by atoms with Gasteiger partial charge in [-0.25, -0.2) is 4.39 Å². The Balaban J connectivity index is 1.75. The van der Waals surface area contributed by atoms with E-state index < -0.39 is 0 Å². The van der Waals surface area contributed by atoms with Crippen LogP contribution in [0.3, 0.4) is 0 Å². The van der Waals surface area contributed by atoms with Crippen molar-refractivity contribution >= 4 is 0 Å². The third-order valence-corrected chi connectivity index (χ3v) is 4.43. The number of benzene rings is 1. The third kappa shape index (κ3) is 3.67. The first-order valence-corrected chi connectivity index (χ1v) is 7.90. The lowest BCUT2D eigenvalue weighted by atomic mass is 9.94. The lowest BCUT2D eigenvalue weighted by molar-refractivity contribution is 0.584. The first-order chi connectivity index (χ1) is 11.1. The molecule has 3 heteroatoms. The second kappa shape index (κ2) is 6.78. The second-order valence-corrected chi connectivity index (χ2v) is 6.06. The molecular weight excluding hydrogens is 287 g/mol. The Labute approximate surface area is 136 Å². The molecule has 1 aromatic heterocycles. The van der Waals surface area contributed by atoms with Crippen LogP contribution in [0.15, 0.2) is 60.6 Å². The van der Waals surface area contributed by atoms with Gasteiger partial charge in [0, 0.05) is 12.2 Å². The fourth-order valence-corrected chi connectivity index (χ4v) is 2.91. The zero-order chi connectivity index (χ0) is 16.2. The summed E-state index contributed by atoms with van der Waals surface area (Å²) < 4.78 is 13.8. The van der Waals surface area contributed by atoms with Gasteiger partial charge >= 0.3 is 0 Å². The Morgan fingerprint density at radius 2 is 2.04 bits per heavy atom. The summed E-state index contributed by atoms with van der Waals surface area (Å²) in [6, 6.07) is 8.27. The highest BCUT2D eigenvalue weighted by Crippen LogP contribution is 2.20. The van der Waals surface area contributed by atoms with Gasteiger partial charge in [0.25, 0.3) is 0 Å². The minimum Gasteiger partial charge on any atom is -0.384 e. The minimum atomic E-state index is -0.242. The van der Waals surface area contributed by atoms with Gasteiger partial charge in [0.2, 0.25) is 0 Å². The van der Waals surface area contributed by atoms with Crippen LogP contribution in [0.25, 0.3) is 0 Å². The quantitative estimate of drug-likeness (QED) is 0.922. The molecule has 2 aromatic rings. The van der Waals surface area contributed by atoms with Crippen LogP contribution < -0.4 is 5.32 Å². The van der Waals surface area contributed by atoms with Crippen molar-refractivity contribution < 1.29 is 4.39 Å². The highest BCUT2D eigenvalue weighted by atomic mass is 19.1. The zero-order valence-corrected chi connectivity index (χ0v) is 13.5. The van der Waals surface area contributed by atoms with E-state index in [2.05, 4.69) is 54.5 Å². The van der Waals surface area contributed by atoms with Crippen molar-refractivity contribution in [3.05, 3.63) is 88.7 Å². The predicted molar refractivity (Wildman–Crippen MR) is 91.7 cm³/mol. The van der Waals surface area contributed by atoms with E-state index in [9.17, 15) is 4.39 Å². The topological polar surface area (TPSA) is 24.9 Å². The summed E-state index contributed by atoms with van der Waals surface area (Å²) in [5, 5.41) is 3.29. The molecule has 0 fully saturated rings. The number of rotatable bonds is 4. The molecule has 0 spiro atoms. The van der Waals surface area contributed by atoms with Crippen LogP contribution in [0.4, 0.5) is 4.39 Å². The molecule has 1 aliphatic rings. The molecule has 1 aliphatic heterocycles. The summed E-state index contributed by atoms with van der Waals surface area (Å²) in [7, 11) is 0. The molecule has 23 heavy (non-hydrogen) atoms. The molecule has 3 rings (SSSR count). The van der Waals surface area contributed by atoms with Crippen molar-refractivity contribution in [2.24, 2.45) is 0 Å². The number of aryl methyl sites for hydroxylation is 1. The van der Waals surface area contributed by atoms with Crippen molar-refractivity contribution in [2.45, 2.75) is 32.7 Å². The van der Waals surface area contributed by atoms with Crippen molar-refractivity contribution in [3.8, 4) is 0 Å². The third-order valence-electron chi connectivity index (χ3n) is 4.43. The van der Waals surface area contributed by atoms with E-state index in [1.165, 1.54) is 28.5 Å². The number of allylic oxidation sites excluding steroid dienone is 2. The normalized spacial score (nSPS) is 16.8. The summed E-state index contributed by atoms with van der Waals surface area (Å²) in [4.78, 5) is 3.80. The molecule has 0 saturated heterocycles. The minimum absolute atomic E-state index is 0.108. The van der Waals surface area contributed by atoms with Gasteiger partial charge in [-0.2, -0.15) is 0 Å². The van der Waals surface area contributed by atoms with E-state index in [0.717, 1.165) is 6.42 Å². The number of hydrogen-bond acceptors (Lipinski definition) is 2. The van der Waals surface area contributed by atoms with E-state index >= 15 is 0 Å². The highest BCUT2D eigenvalue weighted by molar-refractivity contribution is 5.39. The lowest BCUT2D eigenvalue weighted by Gasteiger charge is -2.20. The largest absolute Gasteiger partial charge is 0.384 e. The van der Waals surface area contributed by atoms with Crippen LogP contribution in [-0.4, -0.2) is 11.0 Å². The molecule has 0 aliphatic carbocycles. The molecule has 0 radical (unpaired) electrons. The van der Waals surface area contributed by atoms with Gasteiger partial charge in [0.05, 0.1) is 6.20 Å². The molecule has 1 atom stereocenters. The van der Waals surface area contributed by atoms with Crippen LogP contribution in [0.2, 0.25) is 0 Å². The lowest BCUT2D eigenvalue weighted by Crippen LogP contribution is -2.27.